The van der Waals surface area contributed by atoms with Crippen molar-refractivity contribution in [2.24, 2.45) is 40.4 Å². The molecule has 24 heavy (non-hydrogen) atoms. The van der Waals surface area contributed by atoms with E-state index in [1.54, 1.807) is 0 Å². The van der Waals surface area contributed by atoms with E-state index in [0.717, 1.165) is 36.5 Å². The number of fused-ring (bicyclic) bond motifs is 4. The standard InChI is InChI=1S/C22H32O2/c1-21-11-8-15(23)13-14(21)4-5-16-17(21)9-12-22-10-2-3-20(24)19(22)7-6-18(16)22/h2-3,10,14-19,23-24H,4-9,11-13H2,1H3/t14-,15-,16-,17+,18+,19-,21+,22-/m1/s1. The molecule has 4 saturated carbocycles. The molecule has 2 N–H and O–H groups in total. The Balaban J connectivity index is 1.47. The van der Waals surface area contributed by atoms with E-state index in [2.05, 4.69) is 19.1 Å². The van der Waals surface area contributed by atoms with Crippen molar-refractivity contribution in [3.05, 3.63) is 24.0 Å². The average molecular weight is 328 g/mol. The molecule has 0 unspecified atom stereocenters. The topological polar surface area (TPSA) is 40.5 Å². The second kappa shape index (κ2) is 5.13. The fourth-order valence-corrected chi connectivity index (χ4v) is 8.15. The molecule has 5 aliphatic carbocycles. The molecule has 0 bridgehead atoms. The first kappa shape index (κ1) is 15.5. The van der Waals surface area contributed by atoms with Crippen molar-refractivity contribution in [2.45, 2.75) is 70.8 Å². The lowest BCUT2D eigenvalue weighted by Gasteiger charge is -2.61. The first-order chi connectivity index (χ1) is 11.5. The Labute approximate surface area is 146 Å². The highest BCUT2D eigenvalue weighted by molar-refractivity contribution is 5.29. The monoisotopic (exact) mass is 328 g/mol. The maximum Gasteiger partial charge on any atom is 0.0962 e. The van der Waals surface area contributed by atoms with Crippen molar-refractivity contribution in [3.8, 4) is 0 Å². The summed E-state index contributed by atoms with van der Waals surface area (Å²) >= 11 is 0. The molecular formula is C22H32O2. The van der Waals surface area contributed by atoms with E-state index in [-0.39, 0.29) is 11.5 Å². The van der Waals surface area contributed by atoms with Crippen molar-refractivity contribution in [3.63, 3.8) is 0 Å². The van der Waals surface area contributed by atoms with Crippen molar-refractivity contribution >= 4 is 0 Å². The Morgan fingerprint density at radius 2 is 1.88 bits per heavy atom. The minimum Gasteiger partial charge on any atom is -0.512 e. The van der Waals surface area contributed by atoms with E-state index in [9.17, 15) is 10.2 Å². The van der Waals surface area contributed by atoms with Gasteiger partial charge in [-0.05, 0) is 93.0 Å². The molecule has 5 rings (SSSR count). The maximum atomic E-state index is 10.5. The molecule has 132 valence electrons. The lowest BCUT2D eigenvalue weighted by molar-refractivity contribution is -0.120. The van der Waals surface area contributed by atoms with Gasteiger partial charge in [0.15, 0.2) is 0 Å². The highest BCUT2D eigenvalue weighted by Gasteiger charge is 2.61. The summed E-state index contributed by atoms with van der Waals surface area (Å²) in [6.45, 7) is 2.55. The maximum absolute atomic E-state index is 10.5. The minimum atomic E-state index is -0.0474. The third-order valence-electron chi connectivity index (χ3n) is 9.26. The van der Waals surface area contributed by atoms with E-state index in [4.69, 9.17) is 0 Å². The van der Waals surface area contributed by atoms with E-state index in [0.29, 0.717) is 17.1 Å². The van der Waals surface area contributed by atoms with E-state index in [1.165, 1.54) is 44.9 Å². The molecule has 2 nitrogen and oxygen atoms in total. The molecule has 0 radical (unpaired) electrons. The molecule has 2 heteroatoms. The summed E-state index contributed by atoms with van der Waals surface area (Å²) in [5.74, 6) is 4.25. The van der Waals surface area contributed by atoms with Gasteiger partial charge >= 0.3 is 0 Å². The van der Waals surface area contributed by atoms with Gasteiger partial charge in [0.1, 0.15) is 0 Å². The Morgan fingerprint density at radius 1 is 1.00 bits per heavy atom. The van der Waals surface area contributed by atoms with Crippen LogP contribution in [0, 0.1) is 40.4 Å². The van der Waals surface area contributed by atoms with E-state index < -0.39 is 0 Å². The van der Waals surface area contributed by atoms with Crippen LogP contribution in [-0.2, 0) is 0 Å². The molecule has 4 fully saturated rings. The number of aliphatic hydroxyl groups is 2. The summed E-state index contributed by atoms with van der Waals surface area (Å²) in [6.07, 6.45) is 17.5. The van der Waals surface area contributed by atoms with Crippen LogP contribution in [0.3, 0.4) is 0 Å². The molecule has 0 aromatic heterocycles. The van der Waals surface area contributed by atoms with Crippen LogP contribution in [0.5, 0.6) is 0 Å². The van der Waals surface area contributed by atoms with Gasteiger partial charge in [-0.25, -0.2) is 0 Å². The third-order valence-corrected chi connectivity index (χ3v) is 9.26. The summed E-state index contributed by atoms with van der Waals surface area (Å²) in [6, 6.07) is 0. The smallest absolute Gasteiger partial charge is 0.0962 e. The Kier molecular flexibility index (Phi) is 3.31. The lowest BCUT2D eigenvalue weighted by atomic mass is 9.44. The largest absolute Gasteiger partial charge is 0.512 e. The second-order valence-electron chi connectivity index (χ2n) is 9.82. The molecule has 0 aromatic rings. The van der Waals surface area contributed by atoms with Crippen LogP contribution in [0.1, 0.15) is 64.7 Å². The van der Waals surface area contributed by atoms with Crippen LogP contribution in [-0.4, -0.2) is 16.3 Å². The summed E-state index contributed by atoms with van der Waals surface area (Å²) in [5, 5.41) is 20.6. The highest BCUT2D eigenvalue weighted by atomic mass is 16.3. The van der Waals surface area contributed by atoms with E-state index in [1.807, 2.05) is 6.08 Å². The minimum absolute atomic E-state index is 0.0474. The van der Waals surface area contributed by atoms with Gasteiger partial charge in [0, 0.05) is 11.3 Å². The quantitative estimate of drug-likeness (QED) is 0.657. The molecule has 0 saturated heterocycles. The average Bonchev–Trinajstić information content (AvgIpc) is 2.96. The lowest BCUT2D eigenvalue weighted by Crippen LogP contribution is -2.54. The number of allylic oxidation sites excluding steroid dienone is 4. The van der Waals surface area contributed by atoms with Gasteiger partial charge in [-0.2, -0.15) is 0 Å². The highest BCUT2D eigenvalue weighted by Crippen LogP contribution is 2.69. The summed E-state index contributed by atoms with van der Waals surface area (Å²) in [4.78, 5) is 0. The summed E-state index contributed by atoms with van der Waals surface area (Å²) in [5.41, 5.74) is 0.718. The summed E-state index contributed by atoms with van der Waals surface area (Å²) in [7, 11) is 0. The zero-order chi connectivity index (χ0) is 16.5. The fourth-order valence-electron chi connectivity index (χ4n) is 8.15. The molecular weight excluding hydrogens is 296 g/mol. The molecule has 1 spiro atoms. The predicted octanol–water partition coefficient (Wildman–Crippen LogP) is 5.00. The molecule has 8 atom stereocenters. The first-order valence-electron chi connectivity index (χ1n) is 10.3. The summed E-state index contributed by atoms with van der Waals surface area (Å²) < 4.78 is 0. The van der Waals surface area contributed by atoms with Gasteiger partial charge in [-0.15, -0.1) is 0 Å². The van der Waals surface area contributed by atoms with Gasteiger partial charge in [0.2, 0.25) is 0 Å². The Bertz CT molecular complexity index is 593. The SMILES string of the molecule is C[C@]12CC[C@@H](O)C[C@H]1CC[C@@H]1[C@@H]2CC[C@@]23C=CC=C(O)[C@H]2CC[C@@H]13. The molecule has 0 heterocycles. The van der Waals surface area contributed by atoms with E-state index >= 15 is 0 Å². The van der Waals surface area contributed by atoms with Crippen LogP contribution < -0.4 is 0 Å². The van der Waals surface area contributed by atoms with Crippen molar-refractivity contribution in [2.75, 3.05) is 0 Å². The Hall–Kier alpha value is -0.760. The second-order valence-corrected chi connectivity index (χ2v) is 9.82. The number of aliphatic hydroxyl groups excluding tert-OH is 2. The molecule has 0 amide bonds. The van der Waals surface area contributed by atoms with Crippen LogP contribution in [0.25, 0.3) is 0 Å². The van der Waals surface area contributed by atoms with Crippen molar-refractivity contribution < 1.29 is 10.2 Å². The zero-order valence-corrected chi connectivity index (χ0v) is 15.0. The predicted molar refractivity (Wildman–Crippen MR) is 95.4 cm³/mol. The number of hydrogen-bond acceptors (Lipinski definition) is 2. The first-order valence-corrected chi connectivity index (χ1v) is 10.3. The van der Waals surface area contributed by atoms with Crippen LogP contribution in [0.15, 0.2) is 24.0 Å². The van der Waals surface area contributed by atoms with Crippen LogP contribution >= 0.6 is 0 Å². The number of rotatable bonds is 0. The normalized spacial score (nSPS) is 55.8. The van der Waals surface area contributed by atoms with Crippen LogP contribution in [0.2, 0.25) is 0 Å². The van der Waals surface area contributed by atoms with Gasteiger partial charge in [-0.1, -0.05) is 19.1 Å². The molecule has 0 aromatic carbocycles. The number of hydrogen-bond donors (Lipinski definition) is 2. The van der Waals surface area contributed by atoms with Gasteiger partial charge in [-0.3, -0.25) is 0 Å². The third kappa shape index (κ3) is 1.87. The van der Waals surface area contributed by atoms with Crippen molar-refractivity contribution in [1.82, 2.24) is 0 Å². The van der Waals surface area contributed by atoms with Crippen molar-refractivity contribution in [1.29, 1.82) is 0 Å². The van der Waals surface area contributed by atoms with Gasteiger partial charge in [0.25, 0.3) is 0 Å². The van der Waals surface area contributed by atoms with Gasteiger partial charge in [0.05, 0.1) is 11.9 Å². The van der Waals surface area contributed by atoms with Gasteiger partial charge < -0.3 is 10.2 Å². The zero-order valence-electron chi connectivity index (χ0n) is 15.0. The molecule has 5 aliphatic rings. The van der Waals surface area contributed by atoms with Crippen LogP contribution in [0.4, 0.5) is 0 Å². The molecule has 0 aliphatic heterocycles. The fraction of sp³-hybridized carbons (Fsp3) is 0.818. The Morgan fingerprint density at radius 3 is 2.75 bits per heavy atom.